The summed E-state index contributed by atoms with van der Waals surface area (Å²) in [6.45, 7) is 1.90. The molecule has 0 spiro atoms. The zero-order valence-corrected chi connectivity index (χ0v) is 12.0. The van der Waals surface area contributed by atoms with Crippen LogP contribution in [-0.2, 0) is 6.42 Å². The summed E-state index contributed by atoms with van der Waals surface area (Å²) in [6.07, 6.45) is 0.597. The van der Waals surface area contributed by atoms with Crippen LogP contribution in [-0.4, -0.2) is 9.59 Å². The number of nitrogens with zero attached hydrogens (tertiary/aromatic N) is 2. The maximum absolute atomic E-state index is 6.15. The van der Waals surface area contributed by atoms with Crippen LogP contribution in [0.3, 0.4) is 0 Å². The van der Waals surface area contributed by atoms with Gasteiger partial charge >= 0.3 is 0 Å². The molecule has 0 bridgehead atoms. The van der Waals surface area contributed by atoms with Crippen molar-refractivity contribution >= 4 is 34.7 Å². The lowest BCUT2D eigenvalue weighted by Gasteiger charge is -2.16. The summed E-state index contributed by atoms with van der Waals surface area (Å²) >= 11 is 13.6. The number of aryl methyl sites for hydroxylation is 1. The fourth-order valence-electron chi connectivity index (χ4n) is 1.72. The molecule has 0 saturated carbocycles. The summed E-state index contributed by atoms with van der Waals surface area (Å²) in [4.78, 5) is 0.994. The van der Waals surface area contributed by atoms with Crippen LogP contribution in [0.4, 0.5) is 0 Å². The lowest BCUT2D eigenvalue weighted by molar-refractivity contribution is 0.557. The molecule has 1 aromatic carbocycles. The van der Waals surface area contributed by atoms with Gasteiger partial charge in [-0.3, -0.25) is 11.3 Å². The van der Waals surface area contributed by atoms with Crippen LogP contribution in [0.15, 0.2) is 18.2 Å². The van der Waals surface area contributed by atoms with E-state index in [0.717, 1.165) is 16.1 Å². The van der Waals surface area contributed by atoms with Crippen molar-refractivity contribution in [3.8, 4) is 0 Å². The minimum atomic E-state index is -0.0950. The van der Waals surface area contributed by atoms with Crippen molar-refractivity contribution in [3.05, 3.63) is 44.4 Å². The fraction of sp³-hybridized carbons (Fsp3) is 0.273. The molecule has 18 heavy (non-hydrogen) atoms. The molecule has 0 amide bonds. The van der Waals surface area contributed by atoms with Gasteiger partial charge in [0.2, 0.25) is 0 Å². The first-order valence-corrected chi connectivity index (χ1v) is 6.84. The topological polar surface area (TPSA) is 63.8 Å². The molecule has 0 saturated heterocycles. The molecule has 0 aliphatic heterocycles. The molecule has 4 nitrogen and oxygen atoms in total. The van der Waals surface area contributed by atoms with E-state index in [0.29, 0.717) is 16.5 Å². The Morgan fingerprint density at radius 3 is 2.56 bits per heavy atom. The smallest absolute Gasteiger partial charge is 0.0773 e. The Morgan fingerprint density at radius 2 is 2.06 bits per heavy atom. The maximum Gasteiger partial charge on any atom is 0.0773 e. The van der Waals surface area contributed by atoms with Crippen molar-refractivity contribution in [2.45, 2.75) is 19.4 Å². The van der Waals surface area contributed by atoms with Crippen LogP contribution >= 0.6 is 34.7 Å². The summed E-state index contributed by atoms with van der Waals surface area (Å²) in [7, 11) is 0. The first kappa shape index (κ1) is 13.7. The highest BCUT2D eigenvalue weighted by atomic mass is 35.5. The van der Waals surface area contributed by atoms with Gasteiger partial charge in [-0.05, 0) is 42.6 Å². The van der Waals surface area contributed by atoms with E-state index in [9.17, 15) is 0 Å². The second-order valence-electron chi connectivity index (χ2n) is 3.85. The van der Waals surface area contributed by atoms with E-state index in [4.69, 9.17) is 29.0 Å². The van der Waals surface area contributed by atoms with Gasteiger partial charge in [0.1, 0.15) is 0 Å². The highest BCUT2D eigenvalue weighted by molar-refractivity contribution is 7.05. The number of hydrogen-bond acceptors (Lipinski definition) is 5. The van der Waals surface area contributed by atoms with Crippen molar-refractivity contribution < 1.29 is 0 Å². The molecule has 1 atom stereocenters. The van der Waals surface area contributed by atoms with Gasteiger partial charge in [0.05, 0.1) is 16.6 Å². The van der Waals surface area contributed by atoms with Gasteiger partial charge in [0.25, 0.3) is 0 Å². The van der Waals surface area contributed by atoms with Crippen LogP contribution in [0.1, 0.15) is 22.2 Å². The van der Waals surface area contributed by atoms with Crippen LogP contribution in [0.2, 0.25) is 10.0 Å². The lowest BCUT2D eigenvalue weighted by Crippen LogP contribution is -2.29. The SMILES string of the molecule is Cc1nnsc1C(Cc1c(Cl)cccc1Cl)NN. The van der Waals surface area contributed by atoms with Crippen LogP contribution in [0.25, 0.3) is 0 Å². The third-order valence-corrected chi connectivity index (χ3v) is 4.32. The number of nitrogens with two attached hydrogens (primary N) is 1. The molecule has 2 rings (SSSR count). The average Bonchev–Trinajstić information content (AvgIpc) is 2.76. The second kappa shape index (κ2) is 5.95. The molecular weight excluding hydrogens is 291 g/mol. The zero-order valence-electron chi connectivity index (χ0n) is 9.65. The summed E-state index contributed by atoms with van der Waals surface area (Å²) in [5, 5.41) is 5.25. The Morgan fingerprint density at radius 1 is 1.39 bits per heavy atom. The number of rotatable bonds is 4. The normalized spacial score (nSPS) is 12.7. The molecular formula is C11H12Cl2N4S. The first-order chi connectivity index (χ1) is 8.63. The number of aromatic nitrogens is 2. The third-order valence-electron chi connectivity index (χ3n) is 2.67. The molecule has 2 aromatic rings. The lowest BCUT2D eigenvalue weighted by atomic mass is 10.0. The Labute approximate surface area is 119 Å². The van der Waals surface area contributed by atoms with E-state index in [1.807, 2.05) is 25.1 Å². The van der Waals surface area contributed by atoms with E-state index in [-0.39, 0.29) is 6.04 Å². The quantitative estimate of drug-likeness (QED) is 0.673. The molecule has 1 unspecified atom stereocenters. The molecule has 0 fully saturated rings. The van der Waals surface area contributed by atoms with Gasteiger partial charge < -0.3 is 0 Å². The second-order valence-corrected chi connectivity index (χ2v) is 5.45. The van der Waals surface area contributed by atoms with Gasteiger partial charge in [-0.15, -0.1) is 5.10 Å². The Balaban J connectivity index is 2.29. The van der Waals surface area contributed by atoms with E-state index >= 15 is 0 Å². The van der Waals surface area contributed by atoms with Crippen LogP contribution in [0, 0.1) is 6.92 Å². The molecule has 7 heteroatoms. The Kier molecular flexibility index (Phi) is 4.53. The highest BCUT2D eigenvalue weighted by Crippen LogP contribution is 2.30. The number of hydrogen-bond donors (Lipinski definition) is 2. The predicted octanol–water partition coefficient (Wildman–Crippen LogP) is 2.90. The zero-order chi connectivity index (χ0) is 13.1. The van der Waals surface area contributed by atoms with Crippen molar-refractivity contribution in [1.29, 1.82) is 0 Å². The van der Waals surface area contributed by atoms with Gasteiger partial charge in [-0.2, -0.15) is 0 Å². The summed E-state index contributed by atoms with van der Waals surface area (Å²) in [5.41, 5.74) is 4.50. The van der Waals surface area contributed by atoms with Crippen LogP contribution in [0.5, 0.6) is 0 Å². The van der Waals surface area contributed by atoms with Crippen molar-refractivity contribution in [2.75, 3.05) is 0 Å². The number of benzene rings is 1. The van der Waals surface area contributed by atoms with E-state index in [1.165, 1.54) is 11.5 Å². The van der Waals surface area contributed by atoms with E-state index in [1.54, 1.807) is 0 Å². The number of nitrogens with one attached hydrogen (secondary N) is 1. The van der Waals surface area contributed by atoms with Gasteiger partial charge in [-0.25, -0.2) is 0 Å². The number of hydrazine groups is 1. The summed E-state index contributed by atoms with van der Waals surface area (Å²) < 4.78 is 3.91. The maximum atomic E-state index is 6.15. The predicted molar refractivity (Wildman–Crippen MR) is 74.9 cm³/mol. The Hall–Kier alpha value is -0.720. The molecule has 3 N–H and O–H groups in total. The van der Waals surface area contributed by atoms with Gasteiger partial charge in [-0.1, -0.05) is 33.8 Å². The van der Waals surface area contributed by atoms with E-state index in [2.05, 4.69) is 15.0 Å². The molecule has 0 aliphatic carbocycles. The minimum absolute atomic E-state index is 0.0950. The minimum Gasteiger partial charge on any atom is -0.271 e. The van der Waals surface area contributed by atoms with Crippen molar-refractivity contribution in [3.63, 3.8) is 0 Å². The Bertz CT molecular complexity index is 523. The third kappa shape index (κ3) is 2.81. The summed E-state index contributed by atoms with van der Waals surface area (Å²) in [5.74, 6) is 5.60. The largest absolute Gasteiger partial charge is 0.271 e. The van der Waals surface area contributed by atoms with Gasteiger partial charge in [0, 0.05) is 10.0 Å². The highest BCUT2D eigenvalue weighted by Gasteiger charge is 2.19. The van der Waals surface area contributed by atoms with Crippen molar-refractivity contribution in [2.24, 2.45) is 5.84 Å². The molecule has 1 aromatic heterocycles. The average molecular weight is 303 g/mol. The van der Waals surface area contributed by atoms with E-state index < -0.39 is 0 Å². The monoisotopic (exact) mass is 302 g/mol. The molecule has 0 aliphatic rings. The summed E-state index contributed by atoms with van der Waals surface area (Å²) in [6, 6.07) is 5.35. The van der Waals surface area contributed by atoms with Gasteiger partial charge in [0.15, 0.2) is 0 Å². The van der Waals surface area contributed by atoms with Crippen molar-refractivity contribution in [1.82, 2.24) is 15.0 Å². The fourth-order valence-corrected chi connectivity index (χ4v) is 2.97. The first-order valence-electron chi connectivity index (χ1n) is 5.31. The molecule has 1 heterocycles. The molecule has 96 valence electrons. The number of halogens is 2. The molecule has 0 radical (unpaired) electrons. The standard InChI is InChI=1S/C11H12Cl2N4S/c1-6-11(18-17-16-6)10(15-14)5-7-8(12)3-2-4-9(7)13/h2-4,10,15H,5,14H2,1H3. The van der Waals surface area contributed by atoms with Crippen LogP contribution < -0.4 is 11.3 Å².